The number of halogens is 4. The molecule has 0 saturated heterocycles. The van der Waals surface area contributed by atoms with Crippen molar-refractivity contribution in [3.8, 4) is 0 Å². The Hall–Kier alpha value is -0.590. The van der Waals surface area contributed by atoms with Crippen LogP contribution in [0, 0.1) is 0 Å². The molecule has 1 rings (SSSR count). The Morgan fingerprint density at radius 2 is 1.90 bits per heavy atom. The number of hydrogen-bond donors (Lipinski definition) is 0. The van der Waals surface area contributed by atoms with Gasteiger partial charge in [-0.15, -0.1) is 10.2 Å². The summed E-state index contributed by atoms with van der Waals surface area (Å²) in [6.07, 6.45) is -4.56. The van der Waals surface area contributed by atoms with E-state index in [2.05, 4.69) is 30.5 Å². The van der Waals surface area contributed by atoms with Crippen molar-refractivity contribution in [3.63, 3.8) is 0 Å². The van der Waals surface area contributed by atoms with Crippen LogP contribution in [0.1, 0.15) is 5.89 Å². The van der Waals surface area contributed by atoms with Gasteiger partial charge in [0.1, 0.15) is 0 Å². The van der Waals surface area contributed by atoms with E-state index in [4.69, 9.17) is 0 Å². The Bertz CT molecular complexity index is 232. The van der Waals surface area contributed by atoms with E-state index >= 15 is 0 Å². The average molecular weight is 217 g/mol. The monoisotopic (exact) mass is 216 g/mol. The average Bonchev–Trinajstić information content (AvgIpc) is 2.11. The molecule has 0 aliphatic rings. The fourth-order valence-electron chi connectivity index (χ4n) is 0.320. The third kappa shape index (κ3) is 1.47. The van der Waals surface area contributed by atoms with Gasteiger partial charge in [0.2, 0.25) is 0 Å². The Morgan fingerprint density at radius 1 is 1.30 bits per heavy atom. The first-order valence-electron chi connectivity index (χ1n) is 2.06. The molecule has 0 unspecified atom stereocenters. The highest BCUT2D eigenvalue weighted by Gasteiger charge is 2.37. The van der Waals surface area contributed by atoms with Crippen molar-refractivity contribution in [2.75, 3.05) is 0 Å². The van der Waals surface area contributed by atoms with Gasteiger partial charge in [-0.25, -0.2) is 0 Å². The van der Waals surface area contributed by atoms with Crippen LogP contribution in [0.15, 0.2) is 9.22 Å². The molecule has 0 spiro atoms. The first-order chi connectivity index (χ1) is 4.50. The summed E-state index contributed by atoms with van der Waals surface area (Å²) < 4.78 is 38.8. The minimum absolute atomic E-state index is 0.278. The van der Waals surface area contributed by atoms with Gasteiger partial charge in [0.25, 0.3) is 4.80 Å². The van der Waals surface area contributed by atoms with Gasteiger partial charge in [0.05, 0.1) is 0 Å². The summed E-state index contributed by atoms with van der Waals surface area (Å²) in [5.41, 5.74) is 0. The lowest BCUT2D eigenvalue weighted by Gasteiger charge is -1.95. The summed E-state index contributed by atoms with van der Waals surface area (Å²) in [7, 11) is 0. The van der Waals surface area contributed by atoms with Gasteiger partial charge in [-0.2, -0.15) is 13.2 Å². The number of rotatable bonds is 0. The van der Waals surface area contributed by atoms with E-state index in [0.29, 0.717) is 0 Å². The second-order valence-corrected chi connectivity index (χ2v) is 2.04. The second-order valence-electron chi connectivity index (χ2n) is 1.36. The van der Waals surface area contributed by atoms with Gasteiger partial charge in [0, 0.05) is 15.9 Å². The molecule has 0 N–H and O–H groups in total. The zero-order valence-corrected chi connectivity index (χ0v) is 5.90. The van der Waals surface area contributed by atoms with E-state index < -0.39 is 12.1 Å². The van der Waals surface area contributed by atoms with E-state index in [9.17, 15) is 13.2 Å². The largest absolute Gasteiger partial charge is 0.470 e. The maximum absolute atomic E-state index is 11.6. The zero-order valence-electron chi connectivity index (χ0n) is 4.31. The van der Waals surface area contributed by atoms with Crippen LogP contribution in [0.4, 0.5) is 13.2 Å². The predicted molar refractivity (Wildman–Crippen MR) is 27.0 cm³/mol. The highest BCUT2D eigenvalue weighted by Crippen LogP contribution is 2.28. The molecule has 0 radical (unpaired) electrons. The molecule has 0 amide bonds. The van der Waals surface area contributed by atoms with Crippen molar-refractivity contribution < 1.29 is 17.6 Å². The summed E-state index contributed by atoms with van der Waals surface area (Å²) in [4.78, 5) is -0.278. The van der Waals surface area contributed by atoms with Crippen LogP contribution in [0.3, 0.4) is 0 Å². The fraction of sp³-hybridized carbons (Fsp3) is 0.333. The minimum atomic E-state index is -4.56. The quantitative estimate of drug-likeness (QED) is 0.665. The van der Waals surface area contributed by atoms with E-state index in [1.54, 1.807) is 0 Å². The smallest absolute Gasteiger partial charge is 0.407 e. The SMILES string of the molecule is FC(F)(F)c1nnc(Br)o1. The van der Waals surface area contributed by atoms with Crippen LogP contribution in [-0.2, 0) is 6.18 Å². The van der Waals surface area contributed by atoms with Crippen LogP contribution < -0.4 is 0 Å². The summed E-state index contributed by atoms with van der Waals surface area (Å²) in [5, 5.41) is 5.66. The Kier molecular flexibility index (Phi) is 1.67. The molecular weight excluding hydrogens is 217 g/mol. The number of alkyl halides is 3. The van der Waals surface area contributed by atoms with Gasteiger partial charge in [-0.3, -0.25) is 0 Å². The normalized spacial score (nSPS) is 12.0. The van der Waals surface area contributed by atoms with Gasteiger partial charge in [-0.05, 0) is 0 Å². The molecule has 56 valence electrons. The molecule has 0 fully saturated rings. The van der Waals surface area contributed by atoms with Crippen molar-refractivity contribution in [1.82, 2.24) is 10.2 Å². The fourth-order valence-corrected chi connectivity index (χ4v) is 0.553. The van der Waals surface area contributed by atoms with Crippen molar-refractivity contribution in [3.05, 3.63) is 10.7 Å². The van der Waals surface area contributed by atoms with Crippen LogP contribution >= 0.6 is 15.9 Å². The lowest BCUT2D eigenvalue weighted by molar-refractivity contribution is -0.157. The summed E-state index contributed by atoms with van der Waals surface area (Å²) in [6.45, 7) is 0. The molecular formula is C3BrF3N2O. The molecule has 0 aromatic carbocycles. The highest BCUT2D eigenvalue weighted by atomic mass is 79.9. The molecule has 0 saturated carbocycles. The molecule has 1 aromatic heterocycles. The van der Waals surface area contributed by atoms with Gasteiger partial charge in [-0.1, -0.05) is 0 Å². The molecule has 1 heterocycles. The second kappa shape index (κ2) is 2.22. The predicted octanol–water partition coefficient (Wildman–Crippen LogP) is 1.85. The molecule has 0 aliphatic heterocycles. The van der Waals surface area contributed by atoms with Crippen molar-refractivity contribution in [2.45, 2.75) is 6.18 Å². The van der Waals surface area contributed by atoms with Crippen LogP contribution in [0.2, 0.25) is 0 Å². The zero-order chi connectivity index (χ0) is 7.78. The minimum Gasteiger partial charge on any atom is -0.407 e. The molecule has 7 heteroatoms. The van der Waals surface area contributed by atoms with Gasteiger partial charge in [0.15, 0.2) is 0 Å². The molecule has 10 heavy (non-hydrogen) atoms. The van der Waals surface area contributed by atoms with E-state index in [0.717, 1.165) is 0 Å². The molecule has 0 bridgehead atoms. The van der Waals surface area contributed by atoms with Crippen LogP contribution in [-0.4, -0.2) is 10.2 Å². The first-order valence-corrected chi connectivity index (χ1v) is 2.85. The van der Waals surface area contributed by atoms with Crippen molar-refractivity contribution in [1.29, 1.82) is 0 Å². The lowest BCUT2D eigenvalue weighted by Crippen LogP contribution is -2.04. The Morgan fingerprint density at radius 3 is 2.10 bits per heavy atom. The summed E-state index contributed by atoms with van der Waals surface area (Å²) in [6, 6.07) is 0. The first kappa shape index (κ1) is 7.52. The van der Waals surface area contributed by atoms with Crippen molar-refractivity contribution in [2.24, 2.45) is 0 Å². The number of hydrogen-bond acceptors (Lipinski definition) is 3. The molecule has 1 aromatic rings. The van der Waals surface area contributed by atoms with E-state index in [-0.39, 0.29) is 4.80 Å². The number of aromatic nitrogens is 2. The lowest BCUT2D eigenvalue weighted by atomic mass is 10.7. The van der Waals surface area contributed by atoms with Gasteiger partial charge >= 0.3 is 12.1 Å². The van der Waals surface area contributed by atoms with Crippen molar-refractivity contribution >= 4 is 15.9 Å². The molecule has 3 nitrogen and oxygen atoms in total. The Balaban J connectivity index is 2.96. The van der Waals surface area contributed by atoms with Gasteiger partial charge < -0.3 is 4.42 Å². The topological polar surface area (TPSA) is 38.9 Å². The maximum atomic E-state index is 11.6. The van der Waals surface area contributed by atoms with E-state index in [1.807, 2.05) is 0 Å². The third-order valence-corrected chi connectivity index (χ3v) is 0.963. The Labute approximate surface area is 61.4 Å². The molecule has 0 aliphatic carbocycles. The summed E-state index contributed by atoms with van der Waals surface area (Å²) in [5.74, 6) is -1.35. The standard InChI is InChI=1S/C3BrF3N2O/c4-2-9-8-1(10-2)3(5,6)7. The third-order valence-electron chi connectivity index (χ3n) is 0.643. The summed E-state index contributed by atoms with van der Waals surface area (Å²) >= 11 is 2.58. The molecule has 0 atom stereocenters. The highest BCUT2D eigenvalue weighted by molar-refractivity contribution is 9.10. The van der Waals surface area contributed by atoms with Crippen LogP contribution in [0.5, 0.6) is 0 Å². The van der Waals surface area contributed by atoms with Crippen LogP contribution in [0.25, 0.3) is 0 Å². The van der Waals surface area contributed by atoms with E-state index in [1.165, 1.54) is 0 Å². The maximum Gasteiger partial charge on any atom is 0.470 e. The number of nitrogens with zero attached hydrogens (tertiary/aromatic N) is 2.